The zero-order valence-electron chi connectivity index (χ0n) is 10.5. The number of rotatable bonds is 2. The Bertz CT molecular complexity index is 387. The Labute approximate surface area is 125 Å². The van der Waals surface area contributed by atoms with E-state index in [0.29, 0.717) is 0 Å². The molecule has 5 heteroatoms. The molecule has 0 aromatic heterocycles. The first-order valence-electron chi connectivity index (χ1n) is 6.38. The smallest absolute Gasteiger partial charge is 0.139 e. The van der Waals surface area contributed by atoms with Crippen LogP contribution in [-0.4, -0.2) is 59.2 Å². The Morgan fingerprint density at radius 3 is 1.83 bits per heavy atom. The molecule has 98 valence electrons. The molecule has 0 amide bonds. The predicted molar refractivity (Wildman–Crippen MR) is 80.5 cm³/mol. The predicted octanol–water partition coefficient (Wildman–Crippen LogP) is 1.31. The van der Waals surface area contributed by atoms with Crippen LogP contribution < -0.4 is 0 Å². The Morgan fingerprint density at radius 2 is 1.33 bits per heavy atom. The van der Waals surface area contributed by atoms with E-state index < -0.39 is 0 Å². The lowest BCUT2D eigenvalue weighted by molar-refractivity contribution is -0.991. The first-order chi connectivity index (χ1) is 8.31. The lowest BCUT2D eigenvalue weighted by Gasteiger charge is -2.60. The highest BCUT2D eigenvalue weighted by molar-refractivity contribution is 14.0. The fourth-order valence-corrected chi connectivity index (χ4v) is 3.78. The third-order valence-corrected chi connectivity index (χ3v) is 4.06. The Balaban J connectivity index is 0.000001000. The van der Waals surface area contributed by atoms with Crippen LogP contribution in [0.5, 0.6) is 0 Å². The van der Waals surface area contributed by atoms with Gasteiger partial charge in [0.25, 0.3) is 0 Å². The van der Waals surface area contributed by atoms with E-state index in [9.17, 15) is 0 Å². The number of hydrogen-bond donors (Lipinski definition) is 0. The fraction of sp³-hybridized carbons (Fsp3) is 0.538. The van der Waals surface area contributed by atoms with Crippen LogP contribution in [0.1, 0.15) is 5.56 Å². The molecule has 0 unspecified atom stereocenters. The van der Waals surface area contributed by atoms with Gasteiger partial charge in [-0.1, -0.05) is 30.3 Å². The first kappa shape index (κ1) is 12.8. The van der Waals surface area contributed by atoms with Crippen molar-refractivity contribution in [3.05, 3.63) is 35.9 Å². The van der Waals surface area contributed by atoms with Crippen molar-refractivity contribution in [3.63, 3.8) is 0 Å². The number of quaternary nitrogens is 1. The minimum atomic E-state index is 0. The van der Waals surface area contributed by atoms with Crippen molar-refractivity contribution in [3.8, 4) is 0 Å². The number of nitrogens with zero attached hydrogens (tertiary/aromatic N) is 4. The van der Waals surface area contributed by atoms with Crippen molar-refractivity contribution >= 4 is 24.0 Å². The summed E-state index contributed by atoms with van der Waals surface area (Å²) in [6, 6.07) is 10.9. The molecule has 1 aromatic carbocycles. The minimum Gasteiger partial charge on any atom is -0.282 e. The third-order valence-electron chi connectivity index (χ3n) is 4.06. The van der Waals surface area contributed by atoms with E-state index in [1.165, 1.54) is 56.6 Å². The average Bonchev–Trinajstić information content (AvgIpc) is 2.27. The lowest BCUT2D eigenvalue weighted by Crippen LogP contribution is -2.78. The Hall–Kier alpha value is -0.210. The molecule has 18 heavy (non-hydrogen) atoms. The summed E-state index contributed by atoms with van der Waals surface area (Å²) in [5.74, 6) is 0. The Morgan fingerprint density at radius 1 is 0.833 bits per heavy atom. The molecule has 0 atom stereocenters. The second-order valence-electron chi connectivity index (χ2n) is 5.85. The largest absolute Gasteiger partial charge is 0.282 e. The van der Waals surface area contributed by atoms with E-state index >= 15 is 0 Å². The fourth-order valence-electron chi connectivity index (χ4n) is 3.78. The van der Waals surface area contributed by atoms with Crippen molar-refractivity contribution in [2.75, 3.05) is 40.0 Å². The molecule has 0 aliphatic carbocycles. The van der Waals surface area contributed by atoms with Gasteiger partial charge in [0, 0.05) is 5.56 Å². The maximum absolute atomic E-state index is 2.57. The molecule has 0 saturated carbocycles. The summed E-state index contributed by atoms with van der Waals surface area (Å²) in [5.41, 5.74) is 1.47. The average molecular weight is 359 g/mol. The quantitative estimate of drug-likeness (QED) is 0.583. The number of benzene rings is 1. The van der Waals surface area contributed by atoms with Crippen LogP contribution in [-0.2, 0) is 6.54 Å². The molecule has 4 saturated heterocycles. The van der Waals surface area contributed by atoms with Crippen LogP contribution in [0.4, 0.5) is 0 Å². The van der Waals surface area contributed by atoms with Gasteiger partial charge >= 0.3 is 0 Å². The van der Waals surface area contributed by atoms with Gasteiger partial charge in [-0.2, -0.15) is 0 Å². The number of hydrogen-bond acceptors (Lipinski definition) is 3. The van der Waals surface area contributed by atoms with Gasteiger partial charge in [-0.3, -0.25) is 4.48 Å². The topological polar surface area (TPSA) is 9.72 Å². The molecule has 5 rings (SSSR count). The molecular weight excluding hydrogens is 339 g/mol. The minimum absolute atomic E-state index is 0. The van der Waals surface area contributed by atoms with Crippen molar-refractivity contribution in [1.82, 2.24) is 14.7 Å². The molecule has 4 bridgehead atoms. The zero-order valence-corrected chi connectivity index (χ0v) is 12.9. The van der Waals surface area contributed by atoms with Crippen LogP contribution in [0.2, 0.25) is 0 Å². The second kappa shape index (κ2) is 4.72. The SMILES string of the molecule is I.c1ccc(C[N+]23CN4CN(CN(C4)C2)C3)cc1. The molecule has 1 aromatic rings. The van der Waals surface area contributed by atoms with Gasteiger partial charge in [0.05, 0.1) is 20.0 Å². The van der Waals surface area contributed by atoms with Crippen LogP contribution in [0.25, 0.3) is 0 Å². The monoisotopic (exact) mass is 359 g/mol. The standard InChI is InChI=1S/C13H19N4.HI/c1-2-4-13(5-3-1)6-17-10-14-7-15(11-17)9-16(8-14)12-17;/h1-5H,6-12H2;1H/q+1;. The van der Waals surface area contributed by atoms with Crippen molar-refractivity contribution < 1.29 is 4.48 Å². The third kappa shape index (κ3) is 2.18. The van der Waals surface area contributed by atoms with Gasteiger partial charge in [-0.05, 0) is 0 Å². The van der Waals surface area contributed by atoms with Crippen LogP contribution in [0.3, 0.4) is 0 Å². The molecule has 4 heterocycles. The van der Waals surface area contributed by atoms with E-state index in [4.69, 9.17) is 0 Å². The van der Waals surface area contributed by atoms with Gasteiger partial charge in [0.1, 0.15) is 26.6 Å². The molecule has 4 fully saturated rings. The van der Waals surface area contributed by atoms with E-state index in [1.807, 2.05) is 0 Å². The van der Waals surface area contributed by atoms with E-state index in [1.54, 1.807) is 0 Å². The van der Waals surface area contributed by atoms with Crippen molar-refractivity contribution in [2.45, 2.75) is 6.54 Å². The molecule has 4 nitrogen and oxygen atoms in total. The molecule has 0 radical (unpaired) electrons. The summed E-state index contributed by atoms with van der Waals surface area (Å²) in [5, 5.41) is 0. The number of halogens is 1. The van der Waals surface area contributed by atoms with Crippen LogP contribution in [0, 0.1) is 0 Å². The molecular formula is C13H20IN4+. The zero-order chi connectivity index (χ0) is 11.3. The molecule has 0 spiro atoms. The summed E-state index contributed by atoms with van der Waals surface area (Å²) < 4.78 is 1.20. The van der Waals surface area contributed by atoms with E-state index in [-0.39, 0.29) is 24.0 Å². The van der Waals surface area contributed by atoms with Gasteiger partial charge < -0.3 is 0 Å². The Kier molecular flexibility index (Phi) is 3.36. The lowest BCUT2D eigenvalue weighted by atomic mass is 10.1. The maximum atomic E-state index is 2.57. The van der Waals surface area contributed by atoms with Crippen molar-refractivity contribution in [2.24, 2.45) is 0 Å². The molecule has 4 aliphatic rings. The highest BCUT2D eigenvalue weighted by Crippen LogP contribution is 2.30. The molecule has 4 aliphatic heterocycles. The highest BCUT2D eigenvalue weighted by atomic mass is 127. The highest BCUT2D eigenvalue weighted by Gasteiger charge is 2.48. The maximum Gasteiger partial charge on any atom is 0.139 e. The second-order valence-corrected chi connectivity index (χ2v) is 5.85. The van der Waals surface area contributed by atoms with Crippen LogP contribution in [0.15, 0.2) is 30.3 Å². The molecule has 0 N–H and O–H groups in total. The van der Waals surface area contributed by atoms with Gasteiger partial charge in [0.15, 0.2) is 0 Å². The summed E-state index contributed by atoms with van der Waals surface area (Å²) in [4.78, 5) is 7.71. The summed E-state index contributed by atoms with van der Waals surface area (Å²) in [7, 11) is 0. The summed E-state index contributed by atoms with van der Waals surface area (Å²) >= 11 is 0. The summed E-state index contributed by atoms with van der Waals surface area (Å²) in [6.07, 6.45) is 0. The first-order valence-corrected chi connectivity index (χ1v) is 6.38. The van der Waals surface area contributed by atoms with Gasteiger partial charge in [-0.25, -0.2) is 14.7 Å². The van der Waals surface area contributed by atoms with E-state index in [0.717, 1.165) is 0 Å². The van der Waals surface area contributed by atoms with Gasteiger partial charge in [0.2, 0.25) is 0 Å². The van der Waals surface area contributed by atoms with Crippen molar-refractivity contribution in [1.29, 1.82) is 0 Å². The summed E-state index contributed by atoms with van der Waals surface area (Å²) in [6.45, 7) is 8.36. The van der Waals surface area contributed by atoms with Crippen LogP contribution >= 0.6 is 24.0 Å². The van der Waals surface area contributed by atoms with Gasteiger partial charge in [-0.15, -0.1) is 24.0 Å². The normalized spacial score (nSPS) is 40.6. The van der Waals surface area contributed by atoms with E-state index in [2.05, 4.69) is 45.0 Å².